The second-order valence-electron chi connectivity index (χ2n) is 9.63. The van der Waals surface area contributed by atoms with Crippen molar-refractivity contribution in [1.29, 1.82) is 0 Å². The summed E-state index contributed by atoms with van der Waals surface area (Å²) < 4.78 is 16.3. The van der Waals surface area contributed by atoms with Crippen LogP contribution in [0.15, 0.2) is 57.7 Å². The first-order valence-corrected chi connectivity index (χ1v) is 12.4. The van der Waals surface area contributed by atoms with Crippen LogP contribution in [0.5, 0.6) is 5.75 Å². The van der Waals surface area contributed by atoms with Gasteiger partial charge in [0.15, 0.2) is 0 Å². The molecule has 2 aromatic carbocycles. The molecule has 3 heterocycles. The zero-order chi connectivity index (χ0) is 27.0. The van der Waals surface area contributed by atoms with Gasteiger partial charge in [0.05, 0.1) is 17.2 Å². The van der Waals surface area contributed by atoms with Crippen molar-refractivity contribution in [3.63, 3.8) is 0 Å². The van der Waals surface area contributed by atoms with Crippen molar-refractivity contribution in [3.05, 3.63) is 75.6 Å². The van der Waals surface area contributed by atoms with Crippen molar-refractivity contribution in [2.45, 2.75) is 38.8 Å². The van der Waals surface area contributed by atoms with Crippen LogP contribution in [0.4, 0.5) is 0 Å². The van der Waals surface area contributed by atoms with Crippen LogP contribution in [0, 0.1) is 5.92 Å². The first-order valence-electron chi connectivity index (χ1n) is 12.4. The molecular formula is C28H26N2O8. The number of fused-ring (bicyclic) bond motifs is 2. The van der Waals surface area contributed by atoms with E-state index in [2.05, 4.69) is 5.32 Å². The van der Waals surface area contributed by atoms with E-state index >= 15 is 0 Å². The molecule has 2 aliphatic rings. The molecule has 2 unspecified atom stereocenters. The molecule has 3 aromatic rings. The van der Waals surface area contributed by atoms with Crippen molar-refractivity contribution in [2.75, 3.05) is 13.2 Å². The summed E-state index contributed by atoms with van der Waals surface area (Å²) in [7, 11) is 0. The maximum absolute atomic E-state index is 13.2. The molecule has 2 aliphatic heterocycles. The number of ether oxygens (including phenoxy) is 2. The number of hydrogen-bond acceptors (Lipinski definition) is 8. The molecule has 5 rings (SSSR count). The first kappa shape index (κ1) is 25.3. The Balaban J connectivity index is 1.34. The van der Waals surface area contributed by atoms with E-state index in [1.54, 1.807) is 44.2 Å². The molecule has 10 nitrogen and oxygen atoms in total. The summed E-state index contributed by atoms with van der Waals surface area (Å²) in [4.78, 5) is 65.0. The van der Waals surface area contributed by atoms with Gasteiger partial charge in [-0.3, -0.25) is 19.3 Å². The van der Waals surface area contributed by atoms with Crippen LogP contribution < -0.4 is 15.7 Å². The minimum Gasteiger partial charge on any atom is -0.425 e. The van der Waals surface area contributed by atoms with Crippen LogP contribution in [-0.2, 0) is 9.53 Å². The molecule has 3 amide bonds. The van der Waals surface area contributed by atoms with Gasteiger partial charge in [0.25, 0.3) is 17.7 Å². The van der Waals surface area contributed by atoms with Gasteiger partial charge in [-0.1, -0.05) is 26.0 Å². The minimum absolute atomic E-state index is 0.0588. The average Bonchev–Trinajstić information content (AvgIpc) is 3.50. The summed E-state index contributed by atoms with van der Waals surface area (Å²) in [6.45, 7) is 4.37. The van der Waals surface area contributed by atoms with E-state index in [1.165, 1.54) is 18.2 Å². The van der Waals surface area contributed by atoms with Crippen LogP contribution in [0.3, 0.4) is 0 Å². The molecular weight excluding hydrogens is 492 g/mol. The van der Waals surface area contributed by atoms with Crippen LogP contribution in [-0.4, -0.2) is 53.9 Å². The summed E-state index contributed by atoms with van der Waals surface area (Å²) in [5.41, 5.74) is -0.404. The number of rotatable bonds is 7. The van der Waals surface area contributed by atoms with Crippen molar-refractivity contribution < 1.29 is 33.1 Å². The number of imide groups is 1. The Morgan fingerprint density at radius 3 is 2.39 bits per heavy atom. The fourth-order valence-electron chi connectivity index (χ4n) is 4.73. The zero-order valence-electron chi connectivity index (χ0n) is 20.9. The van der Waals surface area contributed by atoms with Gasteiger partial charge < -0.3 is 19.2 Å². The lowest BCUT2D eigenvalue weighted by molar-refractivity contribution is -0.140. The summed E-state index contributed by atoms with van der Waals surface area (Å²) in [6.07, 6.45) is 1.71. The Hall–Kier alpha value is -4.31. The van der Waals surface area contributed by atoms with Gasteiger partial charge >= 0.3 is 11.6 Å². The third-order valence-electron chi connectivity index (χ3n) is 6.66. The van der Waals surface area contributed by atoms with E-state index in [1.807, 2.05) is 0 Å². The first-order chi connectivity index (χ1) is 18.2. The van der Waals surface area contributed by atoms with Gasteiger partial charge in [-0.15, -0.1) is 0 Å². The van der Waals surface area contributed by atoms with Gasteiger partial charge in [0, 0.05) is 24.6 Å². The van der Waals surface area contributed by atoms with Crippen molar-refractivity contribution in [3.8, 4) is 5.75 Å². The molecule has 1 saturated heterocycles. The van der Waals surface area contributed by atoms with E-state index in [-0.39, 0.29) is 34.1 Å². The predicted molar refractivity (Wildman–Crippen MR) is 135 cm³/mol. The van der Waals surface area contributed by atoms with Gasteiger partial charge in [-0.25, -0.2) is 9.59 Å². The van der Waals surface area contributed by atoms with Crippen LogP contribution in [0.1, 0.15) is 57.8 Å². The molecule has 196 valence electrons. The molecule has 10 heteroatoms. The molecule has 1 fully saturated rings. The van der Waals surface area contributed by atoms with E-state index in [0.29, 0.717) is 18.5 Å². The van der Waals surface area contributed by atoms with Gasteiger partial charge in [-0.2, -0.15) is 0 Å². The standard InChI is InChI=1S/C28H26N2O8/c1-15(2)23(30-25(32)19-7-3-4-8-20(19)26(30)33)28(35)37-17-10-9-16-12-21(27(34)38-22(16)13-17)24(31)29-14-18-6-5-11-36-18/h3-4,7-10,12-13,15,18,23H,5-6,11,14H2,1-2H3,(H,29,31). The molecule has 0 aliphatic carbocycles. The number of nitrogens with zero attached hydrogens (tertiary/aromatic N) is 1. The van der Waals surface area contributed by atoms with Crippen LogP contribution in [0.2, 0.25) is 0 Å². The SMILES string of the molecule is CC(C)C(C(=O)Oc1ccc2cc(C(=O)NCC3CCCO3)c(=O)oc2c1)N1C(=O)c2ccccc2C1=O. The third-order valence-corrected chi connectivity index (χ3v) is 6.66. The lowest BCUT2D eigenvalue weighted by Gasteiger charge is -2.27. The smallest absolute Gasteiger partial charge is 0.349 e. The minimum atomic E-state index is -1.17. The molecule has 0 saturated carbocycles. The zero-order valence-corrected chi connectivity index (χ0v) is 20.9. The number of carbonyl (C=O) groups is 4. The highest BCUT2D eigenvalue weighted by molar-refractivity contribution is 6.22. The third kappa shape index (κ3) is 4.70. The van der Waals surface area contributed by atoms with E-state index in [4.69, 9.17) is 13.9 Å². The predicted octanol–water partition coefficient (Wildman–Crippen LogP) is 2.93. The summed E-state index contributed by atoms with van der Waals surface area (Å²) in [6, 6.07) is 11.0. The number of nitrogens with one attached hydrogen (secondary N) is 1. The Kier molecular flexibility index (Phi) is 6.81. The fraction of sp³-hybridized carbons (Fsp3) is 0.321. The number of carbonyl (C=O) groups excluding carboxylic acids is 4. The highest BCUT2D eigenvalue weighted by atomic mass is 16.5. The number of benzene rings is 2. The summed E-state index contributed by atoms with van der Waals surface area (Å²) in [5, 5.41) is 3.15. The van der Waals surface area contributed by atoms with Crippen molar-refractivity contribution in [1.82, 2.24) is 10.2 Å². The second kappa shape index (κ2) is 10.2. The normalized spacial score (nSPS) is 17.7. The topological polar surface area (TPSA) is 132 Å². The van der Waals surface area contributed by atoms with E-state index in [9.17, 15) is 24.0 Å². The second-order valence-corrected chi connectivity index (χ2v) is 9.63. The lowest BCUT2D eigenvalue weighted by Crippen LogP contribution is -2.49. The van der Waals surface area contributed by atoms with Crippen LogP contribution >= 0.6 is 0 Å². The molecule has 2 atom stereocenters. The molecule has 0 bridgehead atoms. The molecule has 1 aromatic heterocycles. The maximum Gasteiger partial charge on any atom is 0.349 e. The highest BCUT2D eigenvalue weighted by Gasteiger charge is 2.44. The van der Waals surface area contributed by atoms with Gasteiger partial charge in [0.1, 0.15) is 22.9 Å². The average molecular weight is 519 g/mol. The van der Waals surface area contributed by atoms with Gasteiger partial charge in [-0.05, 0) is 49.1 Å². The number of amides is 3. The molecule has 0 spiro atoms. The van der Waals surface area contributed by atoms with E-state index in [0.717, 1.165) is 17.7 Å². The fourth-order valence-corrected chi connectivity index (χ4v) is 4.73. The van der Waals surface area contributed by atoms with Crippen molar-refractivity contribution in [2.24, 2.45) is 5.92 Å². The quantitative estimate of drug-likeness (QED) is 0.219. The molecule has 1 N–H and O–H groups in total. The highest BCUT2D eigenvalue weighted by Crippen LogP contribution is 2.29. The molecule has 38 heavy (non-hydrogen) atoms. The Morgan fingerprint density at radius 1 is 1.05 bits per heavy atom. The number of hydrogen-bond donors (Lipinski definition) is 1. The maximum atomic E-state index is 13.2. The Morgan fingerprint density at radius 2 is 1.76 bits per heavy atom. The largest absolute Gasteiger partial charge is 0.425 e. The summed E-state index contributed by atoms with van der Waals surface area (Å²) in [5.74, 6) is -2.86. The number of esters is 1. The van der Waals surface area contributed by atoms with E-state index < -0.39 is 41.3 Å². The summed E-state index contributed by atoms with van der Waals surface area (Å²) >= 11 is 0. The monoisotopic (exact) mass is 518 g/mol. The molecule has 0 radical (unpaired) electrons. The Bertz CT molecular complexity index is 1470. The van der Waals surface area contributed by atoms with Crippen molar-refractivity contribution >= 4 is 34.7 Å². The van der Waals surface area contributed by atoms with Crippen LogP contribution in [0.25, 0.3) is 11.0 Å². The van der Waals surface area contributed by atoms with Gasteiger partial charge in [0.2, 0.25) is 0 Å². The lowest BCUT2D eigenvalue weighted by atomic mass is 10.0. The Labute approximate surface area is 217 Å².